The molecule has 0 aliphatic carbocycles. The number of ether oxygens (including phenoxy) is 3. The van der Waals surface area contributed by atoms with Gasteiger partial charge in [0.1, 0.15) is 26.9 Å². The number of aromatic nitrogens is 6. The number of nitrogens with one attached hydrogen (secondary N) is 3. The van der Waals surface area contributed by atoms with Crippen molar-refractivity contribution in [2.45, 2.75) is 27.7 Å². The maximum atomic E-state index is 11.3. The first-order chi connectivity index (χ1) is 30.8. The molecule has 19 nitrogen and oxygen atoms in total. The minimum absolute atomic E-state index is 0. The van der Waals surface area contributed by atoms with E-state index in [1.165, 1.54) is 6.20 Å². The van der Waals surface area contributed by atoms with Gasteiger partial charge in [-0.2, -0.15) is 5.10 Å². The monoisotopic (exact) mass is 1470 g/mol. The third-order valence-electron chi connectivity index (χ3n) is 5.48. The van der Waals surface area contributed by atoms with Gasteiger partial charge in [-0.15, -0.1) is 0 Å². The van der Waals surface area contributed by atoms with E-state index in [0.29, 0.717) is 49.3 Å². The second kappa shape index (κ2) is 41.8. The Bertz CT molecular complexity index is 2260. The lowest BCUT2D eigenvalue weighted by Gasteiger charge is -2.08. The van der Waals surface area contributed by atoms with Crippen molar-refractivity contribution in [1.29, 1.82) is 0 Å². The molecule has 0 atom stereocenters. The first-order valence-electron chi connectivity index (χ1n) is 16.8. The van der Waals surface area contributed by atoms with Gasteiger partial charge >= 0.3 is 11.9 Å². The first-order valence-corrected chi connectivity index (χ1v) is 29.2. The molecule has 0 spiro atoms. The third kappa shape index (κ3) is 35.9. The lowest BCUT2D eigenvalue weighted by molar-refractivity contribution is -0.147. The molecule has 5 heterocycles. The number of hydrazine groups is 3. The normalized spacial score (nSPS) is 9.15. The summed E-state index contributed by atoms with van der Waals surface area (Å²) in [5, 5.41) is 6.48. The molecule has 0 radical (unpaired) electrons. The standard InChI is InChI=1S/C10H12ClN3O3.C8H4Br2ClN3.C6H7IO3.C5H3Cl2N.C5H6ClN3.CH4.Br3OP.H4N2/c1-2-17-9(16)6-8(15)13-14-10-7(11)4-3-5-12-10;9-6-4-7(10)14(13-6)8-5(11)2-1-3-12-8;1-2-10-6(8)5-9-4-3-7;6-4-2-1-3-8-5(4)7;6-4-2-1-3-8-5(4)9-7;;1-5(2,3)4;1-2/h3-5H,2,6H2,1H3,(H,12,14)(H,13,15);1-4H;2,5H2,1H3;1-3H;1-3H,7H2,(H,8,9);1H4;;1-2H2. The third-order valence-corrected chi connectivity index (χ3v) is 8.26. The van der Waals surface area contributed by atoms with Gasteiger partial charge in [0.15, 0.2) is 24.1 Å². The molecule has 1 amide bonds. The van der Waals surface area contributed by atoms with Gasteiger partial charge in [-0.3, -0.25) is 36.7 Å². The van der Waals surface area contributed by atoms with E-state index >= 15 is 0 Å². The number of esters is 2. The number of rotatable bonds is 10. The topological polar surface area (TPSA) is 280 Å². The van der Waals surface area contributed by atoms with Crippen molar-refractivity contribution in [3.8, 4) is 15.9 Å². The van der Waals surface area contributed by atoms with E-state index in [0.717, 1.165) is 9.21 Å². The first kappa shape index (κ1) is 68.1. The minimum Gasteiger partial charge on any atom is -0.466 e. The van der Waals surface area contributed by atoms with Gasteiger partial charge in [0, 0.05) is 104 Å². The van der Waals surface area contributed by atoms with Crippen LogP contribution in [0.5, 0.6) is 0 Å². The summed E-state index contributed by atoms with van der Waals surface area (Å²) in [6.45, 7) is 3.93. The summed E-state index contributed by atoms with van der Waals surface area (Å²) in [6.07, 6.45) is 8.31. The largest absolute Gasteiger partial charge is 0.466 e. The van der Waals surface area contributed by atoms with Crippen molar-refractivity contribution in [2.75, 3.05) is 30.7 Å². The molecule has 0 saturated carbocycles. The van der Waals surface area contributed by atoms with Gasteiger partial charge < -0.3 is 19.6 Å². The Morgan fingerprint density at radius 1 is 0.788 bits per heavy atom. The molecule has 5 rings (SSSR count). The summed E-state index contributed by atoms with van der Waals surface area (Å²) < 4.78 is 27.1. The number of hydrogen-bond donors (Lipinski definition) is 6. The molecule has 31 heteroatoms. The highest BCUT2D eigenvalue weighted by Crippen LogP contribution is 2.68. The zero-order chi connectivity index (χ0) is 49.8. The molecule has 66 heavy (non-hydrogen) atoms. The fourth-order valence-corrected chi connectivity index (χ4v) is 5.28. The fraction of sp³-hybridized carbons (Fsp3) is 0.200. The van der Waals surface area contributed by atoms with E-state index in [1.807, 2.05) is 28.7 Å². The predicted octanol–water partition coefficient (Wildman–Crippen LogP) is 11.6. The Labute approximate surface area is 460 Å². The van der Waals surface area contributed by atoms with Crippen LogP contribution >= 0.6 is 162 Å². The highest BCUT2D eigenvalue weighted by Gasteiger charge is 2.11. The second-order valence-corrected chi connectivity index (χ2v) is 32.4. The summed E-state index contributed by atoms with van der Waals surface area (Å²) in [5.74, 6) is 13.0. The minimum atomic E-state index is -2.20. The molecular formula is C35H40Br5Cl5IN12O7P. The average Bonchev–Trinajstić information content (AvgIpc) is 3.60. The number of amides is 1. The second-order valence-electron chi connectivity index (χ2n) is 9.94. The predicted molar refractivity (Wildman–Crippen MR) is 289 cm³/mol. The Hall–Kier alpha value is -2.13. The van der Waals surface area contributed by atoms with Crippen molar-refractivity contribution in [3.63, 3.8) is 0 Å². The summed E-state index contributed by atoms with van der Waals surface area (Å²) >= 11 is 45.1. The number of nitrogens with two attached hydrogens (primary N) is 3. The smallest absolute Gasteiger partial charge is 0.345 e. The number of pyridine rings is 4. The molecule has 0 aliphatic rings. The highest BCUT2D eigenvalue weighted by molar-refractivity contribution is 14.1. The Morgan fingerprint density at radius 3 is 1.65 bits per heavy atom. The molecule has 0 saturated heterocycles. The molecule has 5 aromatic rings. The maximum Gasteiger partial charge on any atom is 0.345 e. The van der Waals surface area contributed by atoms with Crippen molar-refractivity contribution in [2.24, 2.45) is 17.5 Å². The van der Waals surface area contributed by atoms with E-state index in [-0.39, 0.29) is 33.0 Å². The zero-order valence-corrected chi connectivity index (χ0v) is 48.0. The van der Waals surface area contributed by atoms with Crippen molar-refractivity contribution in [1.82, 2.24) is 35.1 Å². The van der Waals surface area contributed by atoms with Crippen LogP contribution in [0, 0.1) is 10.0 Å². The van der Waals surface area contributed by atoms with E-state index in [4.69, 9.17) is 63.8 Å². The molecule has 5 aromatic heterocycles. The fourth-order valence-electron chi connectivity index (χ4n) is 3.19. The van der Waals surface area contributed by atoms with Gasteiger partial charge in [0.05, 0.1) is 33.3 Å². The van der Waals surface area contributed by atoms with Gasteiger partial charge in [-0.1, -0.05) is 65.4 Å². The lowest BCUT2D eigenvalue weighted by Crippen LogP contribution is -2.31. The molecule has 364 valence electrons. The van der Waals surface area contributed by atoms with Crippen LogP contribution in [0.25, 0.3) is 5.82 Å². The number of nitrogens with zero attached hydrogens (tertiary/aromatic N) is 6. The van der Waals surface area contributed by atoms with E-state index in [9.17, 15) is 18.9 Å². The van der Waals surface area contributed by atoms with E-state index < -0.39 is 15.1 Å². The Kier molecular flexibility index (Phi) is 43.2. The summed E-state index contributed by atoms with van der Waals surface area (Å²) in [5.41, 5.74) is 7.15. The summed E-state index contributed by atoms with van der Waals surface area (Å²) in [7, 11) is 0. The van der Waals surface area contributed by atoms with Crippen LogP contribution in [0.4, 0.5) is 11.6 Å². The van der Waals surface area contributed by atoms with Crippen LogP contribution < -0.4 is 33.8 Å². The van der Waals surface area contributed by atoms with Crippen LogP contribution in [0.15, 0.2) is 88.6 Å². The quantitative estimate of drug-likeness (QED) is 0.0111. The van der Waals surface area contributed by atoms with Gasteiger partial charge in [0.2, 0.25) is 5.91 Å². The Morgan fingerprint density at radius 2 is 1.26 bits per heavy atom. The van der Waals surface area contributed by atoms with Gasteiger partial charge in [-0.25, -0.2) is 35.3 Å². The van der Waals surface area contributed by atoms with Crippen molar-refractivity contribution < 1.29 is 33.2 Å². The zero-order valence-electron chi connectivity index (χ0n) is 33.2. The van der Waals surface area contributed by atoms with Crippen LogP contribution in [0.3, 0.4) is 0 Å². The summed E-state index contributed by atoms with van der Waals surface area (Å²) in [6, 6.07) is 15.5. The van der Waals surface area contributed by atoms with E-state index in [2.05, 4.69) is 156 Å². The molecule has 0 aliphatic heterocycles. The maximum absolute atomic E-state index is 11.3. The Balaban J connectivity index is -0.000000739. The van der Waals surface area contributed by atoms with Crippen LogP contribution in [0.2, 0.25) is 25.2 Å². The van der Waals surface area contributed by atoms with Crippen LogP contribution in [-0.4, -0.2) is 67.4 Å². The average molecular weight is 1480 g/mol. The molecule has 0 unspecified atom stereocenters. The number of anilines is 2. The summed E-state index contributed by atoms with van der Waals surface area (Å²) in [4.78, 5) is 48.3. The number of hydrogen-bond acceptors (Lipinski definition) is 17. The van der Waals surface area contributed by atoms with E-state index in [1.54, 1.807) is 85.7 Å². The molecule has 0 fully saturated rings. The molecule has 0 bridgehead atoms. The highest BCUT2D eigenvalue weighted by atomic mass is 127. The van der Waals surface area contributed by atoms with Crippen LogP contribution in [0.1, 0.15) is 27.7 Å². The van der Waals surface area contributed by atoms with Crippen molar-refractivity contribution in [3.05, 3.63) is 114 Å². The number of halogens is 11. The number of carbonyl (C=O) groups is 3. The lowest BCUT2D eigenvalue weighted by atomic mass is 10.4. The molecule has 0 aromatic carbocycles. The van der Waals surface area contributed by atoms with Crippen molar-refractivity contribution >= 4 is 192 Å². The van der Waals surface area contributed by atoms with Gasteiger partial charge in [-0.05, 0) is 94.2 Å². The van der Waals surface area contributed by atoms with Gasteiger partial charge in [0.25, 0.3) is 3.25 Å². The number of nitrogen functional groups attached to an aromatic ring is 1. The van der Waals surface area contributed by atoms with Crippen LogP contribution in [-0.2, 0) is 33.2 Å². The SMILES string of the molecule is C.CCOC(=O)CC(=O)NNc1ncccc1Cl.CCOC(=O)COC#CI.Clc1cccnc1-n1nc(Br)cc1Br.Clc1cccnc1Cl.NN.NNc1ncccc1Cl.O=P(Br)(Br)Br. The molecule has 9 N–H and O–H groups in total. The number of carbonyl (C=O) groups excluding carboxylic acids is 3. The molecular weight excluding hydrogens is 1440 g/mol.